The molecule has 0 unspecified atom stereocenters. The molecule has 0 saturated heterocycles. The van der Waals surface area contributed by atoms with Gasteiger partial charge in [0.25, 0.3) is 11.2 Å². The summed E-state index contributed by atoms with van der Waals surface area (Å²) in [7, 11) is 1.43. The van der Waals surface area contributed by atoms with E-state index >= 15 is 0 Å². The fourth-order valence-electron chi connectivity index (χ4n) is 4.17. The Morgan fingerprint density at radius 1 is 1.07 bits per heavy atom. The van der Waals surface area contributed by atoms with Crippen LogP contribution >= 0.6 is 11.6 Å². The van der Waals surface area contributed by atoms with Crippen LogP contribution in [0.1, 0.15) is 5.56 Å². The number of benzene rings is 3. The predicted octanol–water partition coefficient (Wildman–Crippen LogP) is 6.45. The maximum Gasteiger partial charge on any atom is 0.287 e. The Morgan fingerprint density at radius 2 is 1.88 bits per heavy atom. The number of nitro groups is 1. The van der Waals surface area contributed by atoms with E-state index in [1.807, 2.05) is 24.3 Å². The van der Waals surface area contributed by atoms with Crippen LogP contribution in [0.4, 0.5) is 5.69 Å². The number of nitrogens with zero attached hydrogens (tertiary/aromatic N) is 5. The quantitative estimate of drug-likeness (QED) is 0.122. The van der Waals surface area contributed by atoms with Crippen molar-refractivity contribution in [2.24, 2.45) is 5.10 Å². The highest BCUT2D eigenvalue weighted by Gasteiger charge is 2.18. The number of furan rings is 1. The van der Waals surface area contributed by atoms with Crippen molar-refractivity contribution in [1.82, 2.24) is 14.6 Å². The second-order valence-electron chi connectivity index (χ2n) is 8.71. The molecule has 0 aliphatic heterocycles. The van der Waals surface area contributed by atoms with Crippen LogP contribution in [0.2, 0.25) is 5.02 Å². The Hall–Kier alpha value is -5.55. The van der Waals surface area contributed by atoms with Crippen molar-refractivity contribution >= 4 is 45.4 Å². The molecule has 0 radical (unpaired) electrons. The molecule has 0 fully saturated rings. The van der Waals surface area contributed by atoms with E-state index in [1.54, 1.807) is 42.5 Å². The topological polar surface area (TPSA) is 135 Å². The number of aromatic nitrogens is 3. The molecule has 3 aromatic heterocycles. The first kappa shape index (κ1) is 25.7. The van der Waals surface area contributed by atoms with Crippen molar-refractivity contribution in [3.8, 4) is 29.0 Å². The Balaban J connectivity index is 1.40. The van der Waals surface area contributed by atoms with Gasteiger partial charge in [-0.25, -0.2) is 9.97 Å². The van der Waals surface area contributed by atoms with Gasteiger partial charge in [0.2, 0.25) is 11.7 Å². The molecule has 0 spiro atoms. The molecule has 0 saturated carbocycles. The molecule has 0 bridgehead atoms. The van der Waals surface area contributed by atoms with Gasteiger partial charge in [-0.15, -0.1) is 0 Å². The molecule has 0 amide bonds. The summed E-state index contributed by atoms with van der Waals surface area (Å²) in [6.45, 7) is 0. The first-order chi connectivity index (χ1) is 19.9. The number of hydrogen-bond donors (Lipinski definition) is 0. The van der Waals surface area contributed by atoms with Crippen LogP contribution in [0.5, 0.6) is 17.4 Å². The maximum absolute atomic E-state index is 13.5. The van der Waals surface area contributed by atoms with Gasteiger partial charge < -0.3 is 13.9 Å². The SMILES string of the molecule is COc1cc(C=Nn2c(-c3cc4ccccc4o3)nc3ccccc3c2=O)cc(Cl)c1Oc1ccc([N+](=O)[O-])cn1. The van der Waals surface area contributed by atoms with Gasteiger partial charge in [-0.05, 0) is 42.0 Å². The van der Waals surface area contributed by atoms with Gasteiger partial charge in [-0.3, -0.25) is 14.9 Å². The molecule has 0 aliphatic rings. The van der Waals surface area contributed by atoms with Crippen LogP contribution in [-0.2, 0) is 0 Å². The van der Waals surface area contributed by atoms with Gasteiger partial charge in [0, 0.05) is 17.5 Å². The molecule has 0 aliphatic carbocycles. The maximum atomic E-state index is 13.5. The number of hydrogen-bond acceptors (Lipinski definition) is 9. The molecular formula is C29H18ClN5O6. The van der Waals surface area contributed by atoms with Crippen LogP contribution < -0.4 is 15.0 Å². The molecule has 0 atom stereocenters. The Morgan fingerprint density at radius 3 is 2.63 bits per heavy atom. The second-order valence-corrected chi connectivity index (χ2v) is 9.12. The molecule has 0 N–H and O–H groups in total. The number of rotatable bonds is 7. The summed E-state index contributed by atoms with van der Waals surface area (Å²) in [6.07, 6.45) is 2.51. The highest BCUT2D eigenvalue weighted by molar-refractivity contribution is 6.32. The van der Waals surface area contributed by atoms with Crippen molar-refractivity contribution in [3.05, 3.63) is 116 Å². The number of pyridine rings is 1. The van der Waals surface area contributed by atoms with Gasteiger partial charge in [0.05, 0.1) is 34.2 Å². The minimum Gasteiger partial charge on any atom is -0.493 e. The van der Waals surface area contributed by atoms with Crippen LogP contribution in [0.15, 0.2) is 99.4 Å². The average molecular weight is 568 g/mol. The highest BCUT2D eigenvalue weighted by atomic mass is 35.5. The molecular weight excluding hydrogens is 550 g/mol. The van der Waals surface area contributed by atoms with E-state index in [-0.39, 0.29) is 39.5 Å². The number of fused-ring (bicyclic) bond motifs is 2. The summed E-state index contributed by atoms with van der Waals surface area (Å²) < 4.78 is 18.4. The average Bonchev–Trinajstić information content (AvgIpc) is 3.42. The van der Waals surface area contributed by atoms with E-state index in [1.165, 1.54) is 30.1 Å². The fourth-order valence-corrected chi connectivity index (χ4v) is 4.42. The molecule has 202 valence electrons. The molecule has 6 aromatic rings. The summed E-state index contributed by atoms with van der Waals surface area (Å²) in [5, 5.41) is 16.8. The van der Waals surface area contributed by atoms with Gasteiger partial charge in [0.15, 0.2) is 17.3 Å². The van der Waals surface area contributed by atoms with Crippen molar-refractivity contribution in [1.29, 1.82) is 0 Å². The summed E-state index contributed by atoms with van der Waals surface area (Å²) in [5.74, 6) is 1.09. The van der Waals surface area contributed by atoms with Crippen molar-refractivity contribution in [2.75, 3.05) is 7.11 Å². The monoisotopic (exact) mass is 567 g/mol. The van der Waals surface area contributed by atoms with Gasteiger partial charge in [-0.1, -0.05) is 41.9 Å². The molecule has 6 rings (SSSR count). The lowest BCUT2D eigenvalue weighted by Crippen LogP contribution is -2.20. The number of methoxy groups -OCH3 is 1. The minimum atomic E-state index is -0.561. The first-order valence-electron chi connectivity index (χ1n) is 12.1. The van der Waals surface area contributed by atoms with Gasteiger partial charge >= 0.3 is 0 Å². The molecule has 41 heavy (non-hydrogen) atoms. The molecule has 3 aromatic carbocycles. The minimum absolute atomic E-state index is 0.0847. The highest BCUT2D eigenvalue weighted by Crippen LogP contribution is 2.39. The van der Waals surface area contributed by atoms with Crippen LogP contribution in [0.3, 0.4) is 0 Å². The molecule has 12 heteroatoms. The number of ether oxygens (including phenoxy) is 2. The zero-order valence-corrected chi connectivity index (χ0v) is 22.0. The third kappa shape index (κ3) is 4.97. The van der Waals surface area contributed by atoms with E-state index in [4.69, 9.17) is 25.5 Å². The van der Waals surface area contributed by atoms with E-state index in [9.17, 15) is 14.9 Å². The van der Waals surface area contributed by atoms with Gasteiger partial charge in [-0.2, -0.15) is 9.78 Å². The van der Waals surface area contributed by atoms with Gasteiger partial charge in [0.1, 0.15) is 11.8 Å². The summed E-state index contributed by atoms with van der Waals surface area (Å²) in [4.78, 5) is 32.5. The standard InChI is InChI=1S/C29H18ClN5O6/c1-39-24-13-17(12-21(30)27(24)41-26-11-10-19(16-31-26)35(37)38)15-32-34-28(25-14-18-6-2-5-9-23(18)40-25)33-22-8-4-3-7-20(22)29(34)36/h2-16H,1H3. The molecule has 11 nitrogen and oxygen atoms in total. The third-order valence-corrected chi connectivity index (χ3v) is 6.39. The van der Waals surface area contributed by atoms with E-state index < -0.39 is 4.92 Å². The second kappa shape index (κ2) is 10.5. The molecule has 3 heterocycles. The lowest BCUT2D eigenvalue weighted by atomic mass is 10.2. The van der Waals surface area contributed by atoms with E-state index in [0.717, 1.165) is 11.6 Å². The van der Waals surface area contributed by atoms with Crippen molar-refractivity contribution in [2.45, 2.75) is 0 Å². The Labute approximate surface area is 236 Å². The normalized spacial score (nSPS) is 11.4. The number of halogens is 1. The lowest BCUT2D eigenvalue weighted by Gasteiger charge is -2.12. The van der Waals surface area contributed by atoms with Crippen molar-refractivity contribution in [3.63, 3.8) is 0 Å². The Kier molecular flexibility index (Phi) is 6.62. The summed E-state index contributed by atoms with van der Waals surface area (Å²) in [6, 6.07) is 22.0. The smallest absolute Gasteiger partial charge is 0.287 e. The van der Waals surface area contributed by atoms with Crippen LogP contribution in [0, 0.1) is 10.1 Å². The van der Waals surface area contributed by atoms with Crippen LogP contribution in [-0.4, -0.2) is 32.9 Å². The first-order valence-corrected chi connectivity index (χ1v) is 12.5. The van der Waals surface area contributed by atoms with Crippen molar-refractivity contribution < 1.29 is 18.8 Å². The van der Waals surface area contributed by atoms with Crippen LogP contribution in [0.25, 0.3) is 33.5 Å². The Bertz CT molecular complexity index is 2000. The fraction of sp³-hybridized carbons (Fsp3) is 0.0345. The zero-order chi connectivity index (χ0) is 28.5. The third-order valence-electron chi connectivity index (χ3n) is 6.11. The zero-order valence-electron chi connectivity index (χ0n) is 21.2. The summed E-state index contributed by atoms with van der Waals surface area (Å²) in [5.41, 5.74) is 1.08. The summed E-state index contributed by atoms with van der Waals surface area (Å²) >= 11 is 6.51. The number of para-hydroxylation sites is 2. The van der Waals surface area contributed by atoms with E-state index in [2.05, 4.69) is 15.1 Å². The lowest BCUT2D eigenvalue weighted by molar-refractivity contribution is -0.385. The van der Waals surface area contributed by atoms with E-state index in [0.29, 0.717) is 27.8 Å². The predicted molar refractivity (Wildman–Crippen MR) is 153 cm³/mol. The largest absolute Gasteiger partial charge is 0.493 e.